The molecule has 0 aromatic heterocycles. The number of esters is 1. The zero-order valence-corrected chi connectivity index (χ0v) is 8.81. The topological polar surface area (TPSA) is 26.3 Å². The van der Waals surface area contributed by atoms with Crippen LogP contribution in [-0.4, -0.2) is 13.1 Å². The van der Waals surface area contributed by atoms with Gasteiger partial charge in [0.15, 0.2) is 0 Å². The number of methoxy groups -OCH3 is 1. The molecule has 0 atom stereocenters. The standard InChI is InChI=1S/C9H8BrFO2/c1-5-6(10)3-4-7(11)8(5)9(12)13-2/h3-4H,1-2H3. The van der Waals surface area contributed by atoms with Crippen molar-refractivity contribution in [3.8, 4) is 0 Å². The lowest BCUT2D eigenvalue weighted by atomic mass is 10.1. The minimum Gasteiger partial charge on any atom is -0.465 e. The van der Waals surface area contributed by atoms with Crippen LogP contribution in [-0.2, 0) is 4.74 Å². The van der Waals surface area contributed by atoms with Crippen LogP contribution in [0.25, 0.3) is 0 Å². The number of carbonyl (C=O) groups excluding carboxylic acids is 1. The summed E-state index contributed by atoms with van der Waals surface area (Å²) >= 11 is 3.20. The van der Waals surface area contributed by atoms with Crippen molar-refractivity contribution in [2.24, 2.45) is 0 Å². The first kappa shape index (κ1) is 10.2. The zero-order valence-electron chi connectivity index (χ0n) is 7.23. The molecule has 0 heterocycles. The van der Waals surface area contributed by atoms with Crippen molar-refractivity contribution in [1.29, 1.82) is 0 Å². The number of hydrogen-bond acceptors (Lipinski definition) is 2. The lowest BCUT2D eigenvalue weighted by Gasteiger charge is -2.06. The van der Waals surface area contributed by atoms with Gasteiger partial charge in [-0.3, -0.25) is 0 Å². The zero-order chi connectivity index (χ0) is 10.0. The van der Waals surface area contributed by atoms with Gasteiger partial charge in [0.2, 0.25) is 0 Å². The average molecular weight is 247 g/mol. The van der Waals surface area contributed by atoms with Crippen molar-refractivity contribution in [2.75, 3.05) is 7.11 Å². The van der Waals surface area contributed by atoms with Crippen molar-refractivity contribution in [3.63, 3.8) is 0 Å². The molecule has 0 amide bonds. The molecule has 0 saturated heterocycles. The molecule has 0 radical (unpaired) electrons. The highest BCUT2D eigenvalue weighted by molar-refractivity contribution is 9.10. The fourth-order valence-corrected chi connectivity index (χ4v) is 1.34. The molecule has 0 unspecified atom stereocenters. The van der Waals surface area contributed by atoms with Gasteiger partial charge >= 0.3 is 5.97 Å². The Morgan fingerprint density at radius 2 is 2.15 bits per heavy atom. The number of carbonyl (C=O) groups is 1. The summed E-state index contributed by atoms with van der Waals surface area (Å²) in [5.41, 5.74) is 0.531. The quantitative estimate of drug-likeness (QED) is 0.713. The van der Waals surface area contributed by atoms with Crippen molar-refractivity contribution < 1.29 is 13.9 Å². The SMILES string of the molecule is COC(=O)c1c(F)ccc(Br)c1C. The van der Waals surface area contributed by atoms with E-state index in [1.807, 2.05) is 0 Å². The van der Waals surface area contributed by atoms with Gasteiger partial charge in [0, 0.05) is 4.47 Å². The molecule has 0 aliphatic carbocycles. The number of rotatable bonds is 1. The summed E-state index contributed by atoms with van der Waals surface area (Å²) in [7, 11) is 1.22. The van der Waals surface area contributed by atoms with E-state index in [9.17, 15) is 9.18 Å². The minimum absolute atomic E-state index is 0.0168. The summed E-state index contributed by atoms with van der Waals surface area (Å²) in [5.74, 6) is -1.22. The van der Waals surface area contributed by atoms with Crippen LogP contribution in [0.1, 0.15) is 15.9 Å². The van der Waals surface area contributed by atoms with Gasteiger partial charge in [0.1, 0.15) is 5.82 Å². The van der Waals surface area contributed by atoms with Crippen LogP contribution in [0.5, 0.6) is 0 Å². The Labute approximate surface area is 83.8 Å². The molecule has 0 bridgehead atoms. The molecule has 4 heteroatoms. The van der Waals surface area contributed by atoms with Crippen LogP contribution in [0, 0.1) is 12.7 Å². The summed E-state index contributed by atoms with van der Waals surface area (Å²) in [5, 5.41) is 0. The molecule has 0 N–H and O–H groups in total. The molecular formula is C9H8BrFO2. The fraction of sp³-hybridized carbons (Fsp3) is 0.222. The van der Waals surface area contributed by atoms with Gasteiger partial charge in [-0.05, 0) is 24.6 Å². The van der Waals surface area contributed by atoms with Gasteiger partial charge < -0.3 is 4.74 Å². The van der Waals surface area contributed by atoms with E-state index in [0.717, 1.165) is 0 Å². The van der Waals surface area contributed by atoms with Crippen LogP contribution >= 0.6 is 15.9 Å². The normalized spacial score (nSPS) is 9.85. The Hall–Kier alpha value is -0.900. The molecule has 0 fully saturated rings. The van der Waals surface area contributed by atoms with Crippen molar-refractivity contribution in [3.05, 3.63) is 33.5 Å². The second-order valence-electron chi connectivity index (χ2n) is 2.52. The first-order valence-electron chi connectivity index (χ1n) is 3.61. The summed E-state index contributed by atoms with van der Waals surface area (Å²) in [4.78, 5) is 11.1. The first-order chi connectivity index (χ1) is 6.07. The largest absolute Gasteiger partial charge is 0.465 e. The Kier molecular flexibility index (Phi) is 3.03. The van der Waals surface area contributed by atoms with E-state index >= 15 is 0 Å². The third-order valence-electron chi connectivity index (χ3n) is 1.74. The number of hydrogen-bond donors (Lipinski definition) is 0. The fourth-order valence-electron chi connectivity index (χ4n) is 1.01. The monoisotopic (exact) mass is 246 g/mol. The highest BCUT2D eigenvalue weighted by atomic mass is 79.9. The van der Waals surface area contributed by atoms with Crippen LogP contribution in [0.4, 0.5) is 4.39 Å². The maximum Gasteiger partial charge on any atom is 0.341 e. The van der Waals surface area contributed by atoms with Crippen LogP contribution in [0.3, 0.4) is 0 Å². The smallest absolute Gasteiger partial charge is 0.341 e. The van der Waals surface area contributed by atoms with E-state index in [4.69, 9.17) is 0 Å². The van der Waals surface area contributed by atoms with Crippen molar-refractivity contribution in [2.45, 2.75) is 6.92 Å². The maximum atomic E-state index is 13.1. The van der Waals surface area contributed by atoms with Crippen LogP contribution < -0.4 is 0 Å². The second kappa shape index (κ2) is 3.87. The summed E-state index contributed by atoms with van der Waals surface area (Å²) in [6.45, 7) is 1.65. The van der Waals surface area contributed by atoms with Gasteiger partial charge in [-0.2, -0.15) is 0 Å². The van der Waals surface area contributed by atoms with Gasteiger partial charge in [-0.1, -0.05) is 15.9 Å². The third-order valence-corrected chi connectivity index (χ3v) is 2.60. The minimum atomic E-state index is -0.656. The van der Waals surface area contributed by atoms with E-state index in [1.54, 1.807) is 13.0 Å². The maximum absolute atomic E-state index is 13.1. The molecule has 2 nitrogen and oxygen atoms in total. The molecule has 70 valence electrons. The molecule has 0 spiro atoms. The number of halogens is 2. The second-order valence-corrected chi connectivity index (χ2v) is 3.38. The molecule has 1 aromatic carbocycles. The van der Waals surface area contributed by atoms with E-state index in [-0.39, 0.29) is 5.56 Å². The van der Waals surface area contributed by atoms with Gasteiger partial charge in [0.25, 0.3) is 0 Å². The summed E-state index contributed by atoms with van der Waals surface area (Å²) < 4.78 is 18.3. The lowest BCUT2D eigenvalue weighted by molar-refractivity contribution is 0.0594. The Bertz CT molecular complexity index is 350. The first-order valence-corrected chi connectivity index (χ1v) is 4.40. The molecule has 0 saturated carbocycles. The number of benzene rings is 1. The van der Waals surface area contributed by atoms with Gasteiger partial charge in [-0.25, -0.2) is 9.18 Å². The molecule has 1 aromatic rings. The molecule has 13 heavy (non-hydrogen) atoms. The molecule has 1 rings (SSSR count). The van der Waals surface area contributed by atoms with E-state index in [1.165, 1.54) is 13.2 Å². The third kappa shape index (κ3) is 1.88. The van der Waals surface area contributed by atoms with E-state index in [2.05, 4.69) is 20.7 Å². The predicted octanol–water partition coefficient (Wildman–Crippen LogP) is 2.68. The highest BCUT2D eigenvalue weighted by Gasteiger charge is 2.16. The summed E-state index contributed by atoms with van der Waals surface area (Å²) in [6, 6.07) is 2.78. The molecule has 0 aliphatic rings. The summed E-state index contributed by atoms with van der Waals surface area (Å²) in [6.07, 6.45) is 0. The number of ether oxygens (including phenoxy) is 1. The average Bonchev–Trinajstić information content (AvgIpc) is 2.12. The Morgan fingerprint density at radius 1 is 1.54 bits per heavy atom. The Balaban J connectivity index is 3.33. The van der Waals surface area contributed by atoms with Crippen molar-refractivity contribution >= 4 is 21.9 Å². The highest BCUT2D eigenvalue weighted by Crippen LogP contribution is 2.22. The van der Waals surface area contributed by atoms with E-state index in [0.29, 0.717) is 10.0 Å². The lowest BCUT2D eigenvalue weighted by Crippen LogP contribution is -2.07. The van der Waals surface area contributed by atoms with Gasteiger partial charge in [0.05, 0.1) is 12.7 Å². The molecule has 0 aliphatic heterocycles. The predicted molar refractivity (Wildman–Crippen MR) is 50.2 cm³/mol. The van der Waals surface area contributed by atoms with Crippen molar-refractivity contribution in [1.82, 2.24) is 0 Å². The Morgan fingerprint density at radius 3 is 2.69 bits per heavy atom. The van der Waals surface area contributed by atoms with E-state index < -0.39 is 11.8 Å². The van der Waals surface area contributed by atoms with Crippen LogP contribution in [0.2, 0.25) is 0 Å². The van der Waals surface area contributed by atoms with Gasteiger partial charge in [-0.15, -0.1) is 0 Å². The van der Waals surface area contributed by atoms with Crippen LogP contribution in [0.15, 0.2) is 16.6 Å². The molecular weight excluding hydrogens is 239 g/mol.